The molecule has 7 heteroatoms. The molecule has 0 saturated carbocycles. The molecule has 1 aliphatic rings. The normalized spacial score (nSPS) is 16.8. The van der Waals surface area contributed by atoms with Gasteiger partial charge in [-0.1, -0.05) is 17.7 Å². The standard InChI is InChI=1S/C20H21ClN4O2/c21-15-3-1-4-16(11-15)25-18(19-5-2-10-27-19)12-17(23-25)20(26)24-9-7-14(13-24)6-8-22/h1-5,10-12,14H,6-9,13,22H2. The summed E-state index contributed by atoms with van der Waals surface area (Å²) < 4.78 is 7.25. The van der Waals surface area contributed by atoms with Crippen LogP contribution in [0.4, 0.5) is 0 Å². The Morgan fingerprint density at radius 2 is 2.19 bits per heavy atom. The van der Waals surface area contributed by atoms with E-state index >= 15 is 0 Å². The molecule has 1 aliphatic heterocycles. The number of amides is 1. The van der Waals surface area contributed by atoms with Crippen LogP contribution in [-0.4, -0.2) is 40.2 Å². The Kier molecular flexibility index (Phi) is 5.01. The fraction of sp³-hybridized carbons (Fsp3) is 0.300. The van der Waals surface area contributed by atoms with E-state index in [9.17, 15) is 4.79 Å². The second-order valence-electron chi connectivity index (χ2n) is 6.77. The molecule has 1 amide bonds. The van der Waals surface area contributed by atoms with Gasteiger partial charge >= 0.3 is 0 Å². The molecule has 2 N–H and O–H groups in total. The van der Waals surface area contributed by atoms with Crippen LogP contribution in [0.1, 0.15) is 23.3 Å². The largest absolute Gasteiger partial charge is 0.463 e. The van der Waals surface area contributed by atoms with E-state index in [1.165, 1.54) is 0 Å². The number of nitrogens with zero attached hydrogens (tertiary/aromatic N) is 3. The van der Waals surface area contributed by atoms with Crippen LogP contribution in [-0.2, 0) is 0 Å². The summed E-state index contributed by atoms with van der Waals surface area (Å²) in [5.74, 6) is 1.05. The zero-order valence-corrected chi connectivity index (χ0v) is 15.6. The summed E-state index contributed by atoms with van der Waals surface area (Å²) in [6.45, 7) is 2.12. The van der Waals surface area contributed by atoms with E-state index in [1.54, 1.807) is 23.1 Å². The molecule has 1 unspecified atom stereocenters. The summed E-state index contributed by atoms with van der Waals surface area (Å²) in [6.07, 6.45) is 3.53. The number of furan rings is 1. The summed E-state index contributed by atoms with van der Waals surface area (Å²) in [7, 11) is 0. The van der Waals surface area contributed by atoms with Gasteiger partial charge in [-0.3, -0.25) is 4.79 Å². The Hall–Kier alpha value is -2.57. The van der Waals surface area contributed by atoms with Crippen LogP contribution in [0.15, 0.2) is 53.1 Å². The van der Waals surface area contributed by atoms with E-state index in [0.717, 1.165) is 31.6 Å². The first kappa shape index (κ1) is 17.8. The Bertz CT molecular complexity index is 935. The third-order valence-electron chi connectivity index (χ3n) is 4.90. The molecule has 0 radical (unpaired) electrons. The Balaban J connectivity index is 1.68. The fourth-order valence-electron chi connectivity index (χ4n) is 3.54. The van der Waals surface area contributed by atoms with Crippen molar-refractivity contribution >= 4 is 17.5 Å². The molecule has 140 valence electrons. The minimum absolute atomic E-state index is 0.0666. The molecule has 0 spiro atoms. The van der Waals surface area contributed by atoms with Crippen molar-refractivity contribution < 1.29 is 9.21 Å². The van der Waals surface area contributed by atoms with Crippen molar-refractivity contribution in [2.24, 2.45) is 11.7 Å². The fourth-order valence-corrected chi connectivity index (χ4v) is 3.73. The van der Waals surface area contributed by atoms with E-state index in [4.69, 9.17) is 21.8 Å². The molecular formula is C20H21ClN4O2. The Morgan fingerprint density at radius 1 is 1.30 bits per heavy atom. The Labute approximate surface area is 162 Å². The summed E-state index contributed by atoms with van der Waals surface area (Å²) >= 11 is 6.14. The SMILES string of the molecule is NCCC1CCN(C(=O)c2cc(-c3ccco3)n(-c3cccc(Cl)c3)n2)C1. The highest BCUT2D eigenvalue weighted by Gasteiger charge is 2.29. The zero-order valence-electron chi connectivity index (χ0n) is 14.8. The van der Waals surface area contributed by atoms with Gasteiger partial charge in [-0.15, -0.1) is 0 Å². The minimum atomic E-state index is -0.0666. The van der Waals surface area contributed by atoms with Gasteiger partial charge in [0.05, 0.1) is 12.0 Å². The highest BCUT2D eigenvalue weighted by Crippen LogP contribution is 2.27. The van der Waals surface area contributed by atoms with E-state index in [0.29, 0.717) is 34.6 Å². The van der Waals surface area contributed by atoms with E-state index in [1.807, 2.05) is 35.2 Å². The predicted octanol–water partition coefficient (Wildman–Crippen LogP) is 3.60. The zero-order chi connectivity index (χ0) is 18.8. The second-order valence-corrected chi connectivity index (χ2v) is 7.20. The van der Waals surface area contributed by atoms with Gasteiger partial charge in [0.2, 0.25) is 0 Å². The van der Waals surface area contributed by atoms with Gasteiger partial charge in [0.15, 0.2) is 11.5 Å². The molecule has 1 aromatic carbocycles. The Morgan fingerprint density at radius 3 is 2.93 bits per heavy atom. The van der Waals surface area contributed by atoms with E-state index in [2.05, 4.69) is 5.10 Å². The molecule has 6 nitrogen and oxygen atoms in total. The van der Waals surface area contributed by atoms with Gasteiger partial charge in [0.25, 0.3) is 5.91 Å². The molecule has 3 aromatic rings. The molecule has 27 heavy (non-hydrogen) atoms. The monoisotopic (exact) mass is 384 g/mol. The molecule has 1 saturated heterocycles. The van der Waals surface area contributed by atoms with Crippen molar-refractivity contribution in [2.45, 2.75) is 12.8 Å². The average molecular weight is 385 g/mol. The third kappa shape index (κ3) is 3.63. The molecule has 3 heterocycles. The van der Waals surface area contributed by atoms with Crippen molar-refractivity contribution in [3.63, 3.8) is 0 Å². The minimum Gasteiger partial charge on any atom is -0.463 e. The molecule has 0 aliphatic carbocycles. The summed E-state index contributed by atoms with van der Waals surface area (Å²) in [4.78, 5) is 14.9. The van der Waals surface area contributed by atoms with Crippen molar-refractivity contribution in [2.75, 3.05) is 19.6 Å². The number of aromatic nitrogens is 2. The van der Waals surface area contributed by atoms with E-state index < -0.39 is 0 Å². The van der Waals surface area contributed by atoms with Gasteiger partial charge in [-0.2, -0.15) is 5.10 Å². The number of halogens is 1. The molecule has 1 fully saturated rings. The van der Waals surface area contributed by atoms with Gasteiger partial charge in [0, 0.05) is 24.2 Å². The van der Waals surface area contributed by atoms with Gasteiger partial charge in [-0.05, 0) is 55.6 Å². The van der Waals surface area contributed by atoms with Crippen LogP contribution in [0.25, 0.3) is 17.1 Å². The van der Waals surface area contributed by atoms with Crippen LogP contribution in [0, 0.1) is 5.92 Å². The molecular weight excluding hydrogens is 364 g/mol. The molecule has 0 bridgehead atoms. The lowest BCUT2D eigenvalue weighted by Gasteiger charge is -2.14. The van der Waals surface area contributed by atoms with Crippen molar-refractivity contribution in [3.8, 4) is 17.1 Å². The maximum absolute atomic E-state index is 13.0. The first-order chi connectivity index (χ1) is 13.2. The lowest BCUT2D eigenvalue weighted by molar-refractivity contribution is 0.0780. The first-order valence-electron chi connectivity index (χ1n) is 9.05. The van der Waals surface area contributed by atoms with E-state index in [-0.39, 0.29) is 5.91 Å². The van der Waals surface area contributed by atoms with Crippen LogP contribution in [0.2, 0.25) is 5.02 Å². The topological polar surface area (TPSA) is 77.3 Å². The van der Waals surface area contributed by atoms with Gasteiger partial charge in [0.1, 0.15) is 5.69 Å². The number of carbonyl (C=O) groups is 1. The maximum atomic E-state index is 13.0. The van der Waals surface area contributed by atoms with Crippen molar-refractivity contribution in [3.05, 3.63) is 59.4 Å². The summed E-state index contributed by atoms with van der Waals surface area (Å²) in [5.41, 5.74) is 7.54. The number of hydrogen-bond donors (Lipinski definition) is 1. The third-order valence-corrected chi connectivity index (χ3v) is 5.14. The number of rotatable bonds is 5. The van der Waals surface area contributed by atoms with Crippen LogP contribution >= 0.6 is 11.6 Å². The number of nitrogens with two attached hydrogens (primary N) is 1. The number of likely N-dealkylation sites (tertiary alicyclic amines) is 1. The second kappa shape index (κ2) is 7.58. The highest BCUT2D eigenvalue weighted by atomic mass is 35.5. The summed E-state index contributed by atoms with van der Waals surface area (Å²) in [6, 6.07) is 12.8. The average Bonchev–Trinajstić information content (AvgIpc) is 3.41. The lowest BCUT2D eigenvalue weighted by atomic mass is 10.1. The molecule has 1 atom stereocenters. The number of benzene rings is 1. The number of hydrogen-bond acceptors (Lipinski definition) is 4. The van der Waals surface area contributed by atoms with Gasteiger partial charge in [-0.25, -0.2) is 4.68 Å². The number of carbonyl (C=O) groups excluding carboxylic acids is 1. The van der Waals surface area contributed by atoms with Crippen LogP contribution in [0.3, 0.4) is 0 Å². The quantitative estimate of drug-likeness (QED) is 0.729. The highest BCUT2D eigenvalue weighted by molar-refractivity contribution is 6.30. The van der Waals surface area contributed by atoms with Crippen molar-refractivity contribution in [1.82, 2.24) is 14.7 Å². The van der Waals surface area contributed by atoms with Crippen LogP contribution in [0.5, 0.6) is 0 Å². The molecule has 4 rings (SSSR count). The summed E-state index contributed by atoms with van der Waals surface area (Å²) in [5, 5.41) is 5.18. The smallest absolute Gasteiger partial charge is 0.274 e. The lowest BCUT2D eigenvalue weighted by Crippen LogP contribution is -2.29. The van der Waals surface area contributed by atoms with Gasteiger partial charge < -0.3 is 15.1 Å². The maximum Gasteiger partial charge on any atom is 0.274 e. The van der Waals surface area contributed by atoms with Crippen molar-refractivity contribution in [1.29, 1.82) is 0 Å². The predicted molar refractivity (Wildman–Crippen MR) is 104 cm³/mol. The van der Waals surface area contributed by atoms with Crippen LogP contribution < -0.4 is 5.73 Å². The molecule has 2 aromatic heterocycles. The first-order valence-corrected chi connectivity index (χ1v) is 9.42.